The van der Waals surface area contributed by atoms with Crippen LogP contribution in [0.3, 0.4) is 0 Å². The van der Waals surface area contributed by atoms with Crippen molar-refractivity contribution in [2.75, 3.05) is 19.8 Å². The molecule has 0 heterocycles. The van der Waals surface area contributed by atoms with Crippen LogP contribution in [0.1, 0.15) is 50.3 Å². The van der Waals surface area contributed by atoms with Gasteiger partial charge in [-0.1, -0.05) is 60.7 Å². The number of rotatable bonds is 10. The number of benzene rings is 3. The standard InChI is InChI=1S/C32H36N2O6/c1-21(35)38-18-17-33-30(36)29(19-22-13-15-23(16-14-22)40-32(2,3)4)34-31(37)39-20-28-26-11-7-5-9-24(26)25-10-6-8-12-27(25)28/h5-16,28-29H,17-20H2,1-4H3,(H,33,36)(H,34,37)/t29-/m0/s1. The minimum Gasteiger partial charge on any atom is -0.488 e. The van der Waals surface area contributed by atoms with Gasteiger partial charge in [0, 0.05) is 19.3 Å². The molecule has 1 atom stereocenters. The van der Waals surface area contributed by atoms with Crippen LogP contribution in [0.25, 0.3) is 11.1 Å². The summed E-state index contributed by atoms with van der Waals surface area (Å²) >= 11 is 0. The van der Waals surface area contributed by atoms with E-state index in [-0.39, 0.29) is 37.7 Å². The van der Waals surface area contributed by atoms with Gasteiger partial charge in [0.05, 0.1) is 6.54 Å². The highest BCUT2D eigenvalue weighted by atomic mass is 16.5. The minimum absolute atomic E-state index is 0.0393. The molecular formula is C32H36N2O6. The molecule has 0 bridgehead atoms. The molecule has 0 aromatic heterocycles. The minimum atomic E-state index is -0.901. The fourth-order valence-electron chi connectivity index (χ4n) is 4.77. The van der Waals surface area contributed by atoms with Crippen LogP contribution in [0, 0.1) is 0 Å². The highest BCUT2D eigenvalue weighted by Crippen LogP contribution is 2.44. The normalized spacial score (nSPS) is 13.0. The zero-order valence-electron chi connectivity index (χ0n) is 23.4. The van der Waals surface area contributed by atoms with E-state index < -0.39 is 24.0 Å². The van der Waals surface area contributed by atoms with E-state index in [1.54, 1.807) is 0 Å². The van der Waals surface area contributed by atoms with Crippen LogP contribution in [0.5, 0.6) is 5.75 Å². The smallest absolute Gasteiger partial charge is 0.407 e. The number of hydrogen-bond acceptors (Lipinski definition) is 6. The molecule has 0 radical (unpaired) electrons. The van der Waals surface area contributed by atoms with E-state index in [1.165, 1.54) is 6.92 Å². The third-order valence-corrected chi connectivity index (χ3v) is 6.45. The van der Waals surface area contributed by atoms with Crippen LogP contribution in [-0.2, 0) is 25.5 Å². The number of nitrogens with one attached hydrogen (secondary N) is 2. The Bertz CT molecular complexity index is 1300. The van der Waals surface area contributed by atoms with Crippen LogP contribution in [0.2, 0.25) is 0 Å². The molecule has 3 aromatic carbocycles. The molecule has 40 heavy (non-hydrogen) atoms. The lowest BCUT2D eigenvalue weighted by Gasteiger charge is -2.22. The number of fused-ring (bicyclic) bond motifs is 3. The van der Waals surface area contributed by atoms with Gasteiger partial charge in [-0.2, -0.15) is 0 Å². The van der Waals surface area contributed by atoms with Gasteiger partial charge in [-0.3, -0.25) is 9.59 Å². The summed E-state index contributed by atoms with van der Waals surface area (Å²) in [4.78, 5) is 37.0. The van der Waals surface area contributed by atoms with Gasteiger partial charge >= 0.3 is 12.1 Å². The van der Waals surface area contributed by atoms with Gasteiger partial charge in [-0.15, -0.1) is 0 Å². The molecule has 4 rings (SSSR count). The molecular weight excluding hydrogens is 508 g/mol. The molecule has 2 N–H and O–H groups in total. The SMILES string of the molecule is CC(=O)OCCNC(=O)[C@H](Cc1ccc(OC(C)(C)C)cc1)NC(=O)OCC1c2ccccc2-c2ccccc21. The van der Waals surface area contributed by atoms with Gasteiger partial charge in [-0.25, -0.2) is 4.79 Å². The number of amides is 2. The summed E-state index contributed by atoms with van der Waals surface area (Å²) in [7, 11) is 0. The van der Waals surface area contributed by atoms with Crippen molar-refractivity contribution in [1.82, 2.24) is 10.6 Å². The zero-order valence-corrected chi connectivity index (χ0v) is 23.4. The summed E-state index contributed by atoms with van der Waals surface area (Å²) in [5.74, 6) is -0.219. The van der Waals surface area contributed by atoms with E-state index >= 15 is 0 Å². The van der Waals surface area contributed by atoms with Crippen LogP contribution in [0.4, 0.5) is 4.79 Å². The molecule has 0 spiro atoms. The first-order valence-corrected chi connectivity index (χ1v) is 13.4. The molecule has 0 unspecified atom stereocenters. The van der Waals surface area contributed by atoms with Gasteiger partial charge in [0.25, 0.3) is 0 Å². The van der Waals surface area contributed by atoms with E-state index in [0.29, 0.717) is 5.75 Å². The first kappa shape index (κ1) is 28.7. The fraction of sp³-hybridized carbons (Fsp3) is 0.344. The second-order valence-corrected chi connectivity index (χ2v) is 10.7. The molecule has 8 nitrogen and oxygen atoms in total. The Kier molecular flexibility index (Phi) is 9.09. The topological polar surface area (TPSA) is 103 Å². The maximum atomic E-state index is 13.0. The Morgan fingerprint density at radius 3 is 2.02 bits per heavy atom. The second-order valence-electron chi connectivity index (χ2n) is 10.7. The fourth-order valence-corrected chi connectivity index (χ4v) is 4.77. The largest absolute Gasteiger partial charge is 0.488 e. The maximum absolute atomic E-state index is 13.0. The van der Waals surface area contributed by atoms with Crippen molar-refractivity contribution in [3.63, 3.8) is 0 Å². The molecule has 1 aliphatic carbocycles. The molecule has 0 fully saturated rings. The molecule has 0 aliphatic heterocycles. The predicted octanol–water partition coefficient (Wildman–Crippen LogP) is 4.99. The number of hydrogen-bond donors (Lipinski definition) is 2. The number of carbonyl (C=O) groups excluding carboxylic acids is 3. The van der Waals surface area contributed by atoms with E-state index in [9.17, 15) is 14.4 Å². The highest BCUT2D eigenvalue weighted by Gasteiger charge is 2.30. The first-order valence-electron chi connectivity index (χ1n) is 13.4. The van der Waals surface area contributed by atoms with Crippen molar-refractivity contribution in [2.45, 2.75) is 51.7 Å². The Balaban J connectivity index is 1.42. The number of carbonyl (C=O) groups is 3. The average molecular weight is 545 g/mol. The lowest BCUT2D eigenvalue weighted by atomic mass is 9.98. The van der Waals surface area contributed by atoms with Gasteiger partial charge in [0.2, 0.25) is 5.91 Å². The number of esters is 1. The molecule has 3 aromatic rings. The number of alkyl carbamates (subject to hydrolysis) is 1. The Labute approximate surface area is 235 Å². The molecule has 2 amide bonds. The average Bonchev–Trinajstić information content (AvgIpc) is 3.23. The number of ether oxygens (including phenoxy) is 3. The van der Waals surface area contributed by atoms with Gasteiger partial charge in [-0.05, 0) is 60.7 Å². The first-order chi connectivity index (χ1) is 19.1. The van der Waals surface area contributed by atoms with Crippen molar-refractivity contribution >= 4 is 18.0 Å². The molecule has 8 heteroatoms. The van der Waals surface area contributed by atoms with Gasteiger partial charge in [0.15, 0.2) is 0 Å². The molecule has 0 saturated heterocycles. The third-order valence-electron chi connectivity index (χ3n) is 6.45. The lowest BCUT2D eigenvalue weighted by Crippen LogP contribution is -2.49. The summed E-state index contributed by atoms with van der Waals surface area (Å²) in [6.07, 6.45) is -0.450. The predicted molar refractivity (Wildman–Crippen MR) is 152 cm³/mol. The van der Waals surface area contributed by atoms with Crippen LogP contribution >= 0.6 is 0 Å². The third kappa shape index (κ3) is 7.62. The highest BCUT2D eigenvalue weighted by molar-refractivity contribution is 5.86. The molecule has 1 aliphatic rings. The lowest BCUT2D eigenvalue weighted by molar-refractivity contribution is -0.141. The zero-order chi connectivity index (χ0) is 28.7. The van der Waals surface area contributed by atoms with Gasteiger partial charge in [0.1, 0.15) is 30.6 Å². The van der Waals surface area contributed by atoms with E-state index in [1.807, 2.05) is 81.4 Å². The Morgan fingerprint density at radius 2 is 1.45 bits per heavy atom. The maximum Gasteiger partial charge on any atom is 0.407 e. The second kappa shape index (κ2) is 12.7. The monoisotopic (exact) mass is 544 g/mol. The summed E-state index contributed by atoms with van der Waals surface area (Å²) < 4.78 is 16.4. The van der Waals surface area contributed by atoms with E-state index in [4.69, 9.17) is 14.2 Å². The van der Waals surface area contributed by atoms with Crippen molar-refractivity contribution in [3.8, 4) is 16.9 Å². The summed E-state index contributed by atoms with van der Waals surface area (Å²) in [6.45, 7) is 7.51. The van der Waals surface area contributed by atoms with Crippen molar-refractivity contribution < 1.29 is 28.6 Å². The van der Waals surface area contributed by atoms with Crippen LogP contribution in [0.15, 0.2) is 72.8 Å². The van der Waals surface area contributed by atoms with Crippen molar-refractivity contribution in [2.24, 2.45) is 0 Å². The quantitative estimate of drug-likeness (QED) is 0.275. The summed E-state index contributed by atoms with van der Waals surface area (Å²) in [5, 5.41) is 5.45. The van der Waals surface area contributed by atoms with Crippen LogP contribution in [-0.4, -0.2) is 49.4 Å². The summed E-state index contributed by atoms with van der Waals surface area (Å²) in [5.41, 5.74) is 4.98. The van der Waals surface area contributed by atoms with Crippen molar-refractivity contribution in [3.05, 3.63) is 89.5 Å². The van der Waals surface area contributed by atoms with Crippen molar-refractivity contribution in [1.29, 1.82) is 0 Å². The molecule has 0 saturated carbocycles. The summed E-state index contributed by atoms with van der Waals surface area (Å²) in [6, 6.07) is 22.7. The van der Waals surface area contributed by atoms with E-state index in [2.05, 4.69) is 22.8 Å². The van der Waals surface area contributed by atoms with Crippen LogP contribution < -0.4 is 15.4 Å². The van der Waals surface area contributed by atoms with Gasteiger partial charge < -0.3 is 24.8 Å². The van der Waals surface area contributed by atoms with E-state index in [0.717, 1.165) is 27.8 Å². The Hall–Kier alpha value is -4.33. The molecule has 210 valence electrons. The Morgan fingerprint density at radius 1 is 0.850 bits per heavy atom.